The molecule has 0 aromatic heterocycles. The summed E-state index contributed by atoms with van der Waals surface area (Å²) >= 11 is 3.45. The summed E-state index contributed by atoms with van der Waals surface area (Å²) in [5.41, 5.74) is 0. The van der Waals surface area contributed by atoms with Crippen LogP contribution in [-0.2, 0) is 0 Å². The zero-order chi connectivity index (χ0) is 9.40. The maximum Gasteiger partial charge on any atom is 0.369 e. The lowest BCUT2D eigenvalue weighted by atomic mass is 10.3. The van der Waals surface area contributed by atoms with Gasteiger partial charge in [-0.3, -0.25) is 0 Å². The number of carbonyl (C=O) groups excluding carboxylic acids is 1. The summed E-state index contributed by atoms with van der Waals surface area (Å²) in [6.45, 7) is 4.00. The SMILES string of the molecule is CC.O=C(S)Oc1ccccc1. The Hall–Kier alpha value is -0.960. The van der Waals surface area contributed by atoms with E-state index in [1.807, 2.05) is 19.9 Å². The number of carbonyl (C=O) groups is 1. The van der Waals surface area contributed by atoms with Crippen LogP contribution in [0.5, 0.6) is 5.75 Å². The lowest BCUT2D eigenvalue weighted by Crippen LogP contribution is -1.94. The summed E-state index contributed by atoms with van der Waals surface area (Å²) in [5, 5.41) is -0.591. The van der Waals surface area contributed by atoms with E-state index in [4.69, 9.17) is 0 Å². The average molecular weight is 184 g/mol. The van der Waals surface area contributed by atoms with E-state index in [-0.39, 0.29) is 0 Å². The Bertz CT molecular complexity index is 221. The Balaban J connectivity index is 0.000000561. The summed E-state index contributed by atoms with van der Waals surface area (Å²) in [4.78, 5) is 10.3. The van der Waals surface area contributed by atoms with Gasteiger partial charge in [-0.05, 0) is 12.1 Å². The van der Waals surface area contributed by atoms with Crippen molar-refractivity contribution in [3.05, 3.63) is 30.3 Å². The van der Waals surface area contributed by atoms with Crippen molar-refractivity contribution in [3.8, 4) is 5.75 Å². The summed E-state index contributed by atoms with van der Waals surface area (Å²) in [6.07, 6.45) is 0. The van der Waals surface area contributed by atoms with Crippen molar-refractivity contribution in [2.75, 3.05) is 0 Å². The summed E-state index contributed by atoms with van der Waals surface area (Å²) in [7, 11) is 0. The van der Waals surface area contributed by atoms with E-state index in [1.54, 1.807) is 24.3 Å². The van der Waals surface area contributed by atoms with Crippen LogP contribution < -0.4 is 4.74 Å². The Kier molecular flexibility index (Phi) is 6.19. The fourth-order valence-corrected chi connectivity index (χ4v) is 0.695. The quantitative estimate of drug-likeness (QED) is 0.536. The lowest BCUT2D eigenvalue weighted by Gasteiger charge is -1.96. The fraction of sp³-hybridized carbons (Fsp3) is 0.222. The Labute approximate surface area is 78.0 Å². The molecule has 0 N–H and O–H groups in total. The maximum absolute atomic E-state index is 10.3. The molecule has 1 aromatic rings. The first kappa shape index (κ1) is 11.0. The Morgan fingerprint density at radius 1 is 1.25 bits per heavy atom. The topological polar surface area (TPSA) is 26.3 Å². The minimum atomic E-state index is -0.591. The van der Waals surface area contributed by atoms with E-state index < -0.39 is 5.30 Å². The second-order valence-corrected chi connectivity index (χ2v) is 2.05. The van der Waals surface area contributed by atoms with Crippen molar-refractivity contribution in [1.82, 2.24) is 0 Å². The van der Waals surface area contributed by atoms with E-state index in [9.17, 15) is 4.79 Å². The van der Waals surface area contributed by atoms with Gasteiger partial charge in [-0.25, -0.2) is 4.79 Å². The zero-order valence-corrected chi connectivity index (χ0v) is 8.04. The molecule has 66 valence electrons. The Morgan fingerprint density at radius 2 is 1.75 bits per heavy atom. The molecule has 0 fully saturated rings. The molecule has 0 saturated carbocycles. The summed E-state index contributed by atoms with van der Waals surface area (Å²) in [5.74, 6) is 0.516. The average Bonchev–Trinajstić information content (AvgIpc) is 2.08. The van der Waals surface area contributed by atoms with Crippen molar-refractivity contribution in [2.24, 2.45) is 0 Å². The first-order valence-corrected chi connectivity index (χ1v) is 4.19. The lowest BCUT2D eigenvalue weighted by molar-refractivity contribution is 0.227. The molecular weight excluding hydrogens is 172 g/mol. The molecule has 0 saturated heterocycles. The van der Waals surface area contributed by atoms with Crippen LogP contribution in [0.4, 0.5) is 4.79 Å². The number of thiol groups is 1. The number of para-hydroxylation sites is 1. The van der Waals surface area contributed by atoms with Crippen molar-refractivity contribution in [3.63, 3.8) is 0 Å². The molecule has 1 aromatic carbocycles. The highest BCUT2D eigenvalue weighted by atomic mass is 32.1. The third kappa shape index (κ3) is 4.79. The molecule has 12 heavy (non-hydrogen) atoms. The molecule has 0 bridgehead atoms. The van der Waals surface area contributed by atoms with Gasteiger partial charge in [0.15, 0.2) is 0 Å². The van der Waals surface area contributed by atoms with Crippen molar-refractivity contribution < 1.29 is 9.53 Å². The van der Waals surface area contributed by atoms with Crippen LogP contribution in [0, 0.1) is 0 Å². The van der Waals surface area contributed by atoms with Crippen LogP contribution >= 0.6 is 12.6 Å². The number of hydrogen-bond donors (Lipinski definition) is 1. The molecule has 0 radical (unpaired) electrons. The van der Waals surface area contributed by atoms with Gasteiger partial charge in [-0.1, -0.05) is 44.7 Å². The second-order valence-electron chi connectivity index (χ2n) is 1.68. The van der Waals surface area contributed by atoms with Gasteiger partial charge in [0.25, 0.3) is 0 Å². The molecule has 0 atom stereocenters. The molecular formula is C9H12O2S. The van der Waals surface area contributed by atoms with Gasteiger partial charge in [0.05, 0.1) is 0 Å². The van der Waals surface area contributed by atoms with Crippen LogP contribution in [0.15, 0.2) is 30.3 Å². The highest BCUT2D eigenvalue weighted by Gasteiger charge is 1.94. The largest absolute Gasteiger partial charge is 0.419 e. The zero-order valence-electron chi connectivity index (χ0n) is 7.15. The van der Waals surface area contributed by atoms with Crippen LogP contribution in [0.25, 0.3) is 0 Å². The van der Waals surface area contributed by atoms with Gasteiger partial charge in [-0.2, -0.15) is 0 Å². The molecule has 0 amide bonds. The van der Waals surface area contributed by atoms with Crippen LogP contribution in [-0.4, -0.2) is 5.30 Å². The molecule has 0 aliphatic heterocycles. The van der Waals surface area contributed by atoms with Gasteiger partial charge >= 0.3 is 5.30 Å². The summed E-state index contributed by atoms with van der Waals surface area (Å²) < 4.78 is 4.64. The predicted octanol–water partition coefficient (Wildman–Crippen LogP) is 3.14. The third-order valence-corrected chi connectivity index (χ3v) is 1.04. The van der Waals surface area contributed by atoms with Crippen molar-refractivity contribution >= 4 is 17.9 Å². The minimum absolute atomic E-state index is 0.516. The Morgan fingerprint density at radius 3 is 2.17 bits per heavy atom. The van der Waals surface area contributed by atoms with Gasteiger partial charge < -0.3 is 4.74 Å². The molecule has 0 unspecified atom stereocenters. The first-order chi connectivity index (χ1) is 5.79. The molecule has 3 heteroatoms. The molecule has 0 aliphatic rings. The number of rotatable bonds is 1. The monoisotopic (exact) mass is 184 g/mol. The van der Waals surface area contributed by atoms with Crippen LogP contribution in [0.2, 0.25) is 0 Å². The minimum Gasteiger partial charge on any atom is -0.419 e. The van der Waals surface area contributed by atoms with E-state index in [0.717, 1.165) is 0 Å². The number of benzene rings is 1. The van der Waals surface area contributed by atoms with E-state index >= 15 is 0 Å². The van der Waals surface area contributed by atoms with Gasteiger partial charge in [0.1, 0.15) is 5.75 Å². The smallest absolute Gasteiger partial charge is 0.369 e. The number of ether oxygens (including phenoxy) is 1. The predicted molar refractivity (Wildman–Crippen MR) is 52.8 cm³/mol. The highest BCUT2D eigenvalue weighted by Crippen LogP contribution is 2.09. The van der Waals surface area contributed by atoms with Gasteiger partial charge in [-0.15, -0.1) is 0 Å². The standard InChI is InChI=1S/C7H6O2S.C2H6/c8-7(10)9-6-4-2-1-3-5-6;1-2/h1-5H,(H,8,10);1-2H3. The van der Waals surface area contributed by atoms with E-state index in [2.05, 4.69) is 17.4 Å². The normalized spacial score (nSPS) is 7.92. The molecule has 0 spiro atoms. The first-order valence-electron chi connectivity index (χ1n) is 3.75. The third-order valence-electron chi connectivity index (χ3n) is 0.948. The van der Waals surface area contributed by atoms with E-state index in [1.165, 1.54) is 0 Å². The van der Waals surface area contributed by atoms with E-state index in [0.29, 0.717) is 5.75 Å². The number of hydrogen-bond acceptors (Lipinski definition) is 2. The van der Waals surface area contributed by atoms with Crippen LogP contribution in [0.1, 0.15) is 13.8 Å². The van der Waals surface area contributed by atoms with Crippen LogP contribution in [0.3, 0.4) is 0 Å². The summed E-state index contributed by atoms with van der Waals surface area (Å²) in [6, 6.07) is 8.79. The van der Waals surface area contributed by atoms with Gasteiger partial charge in [0.2, 0.25) is 0 Å². The molecule has 0 aliphatic carbocycles. The molecule has 0 heterocycles. The maximum atomic E-state index is 10.3. The van der Waals surface area contributed by atoms with Crippen molar-refractivity contribution in [2.45, 2.75) is 13.8 Å². The highest BCUT2D eigenvalue weighted by molar-refractivity contribution is 7.96. The van der Waals surface area contributed by atoms with Gasteiger partial charge in [0, 0.05) is 0 Å². The fourth-order valence-electron chi connectivity index (χ4n) is 0.589. The molecule has 2 nitrogen and oxygen atoms in total. The van der Waals surface area contributed by atoms with Crippen molar-refractivity contribution in [1.29, 1.82) is 0 Å². The second kappa shape index (κ2) is 6.73. The molecule has 1 rings (SSSR count).